The number of benzene rings is 2. The van der Waals surface area contributed by atoms with Gasteiger partial charge in [-0.25, -0.2) is 18.5 Å². The van der Waals surface area contributed by atoms with Crippen molar-refractivity contribution in [2.45, 2.75) is 4.90 Å². The van der Waals surface area contributed by atoms with Crippen LogP contribution in [0.2, 0.25) is 0 Å². The van der Waals surface area contributed by atoms with E-state index in [0.717, 1.165) is 6.07 Å². The van der Waals surface area contributed by atoms with Crippen molar-refractivity contribution >= 4 is 38.6 Å². The van der Waals surface area contributed by atoms with E-state index in [1.807, 2.05) is 6.07 Å². The minimum Gasteiger partial charge on any atom is -0.744 e. The van der Waals surface area contributed by atoms with Crippen molar-refractivity contribution in [1.82, 2.24) is 0 Å². The van der Waals surface area contributed by atoms with E-state index >= 15 is 0 Å². The van der Waals surface area contributed by atoms with E-state index < -0.39 is 25.6 Å². The van der Waals surface area contributed by atoms with Crippen LogP contribution in [0.3, 0.4) is 0 Å². The van der Waals surface area contributed by atoms with Crippen molar-refractivity contribution in [2.24, 2.45) is 0 Å². The van der Waals surface area contributed by atoms with Crippen molar-refractivity contribution < 1.29 is 84.7 Å². The first kappa shape index (κ1) is 28.9. The molecular weight excluding hydrogens is 426 g/mol. The van der Waals surface area contributed by atoms with Crippen LogP contribution in [0, 0.1) is 24.0 Å². The fourth-order valence-electron chi connectivity index (χ4n) is 1.74. The van der Waals surface area contributed by atoms with Crippen LogP contribution < -0.4 is 59.1 Å². The van der Waals surface area contributed by atoms with Crippen LogP contribution in [0.1, 0.15) is 16.7 Å². The molecule has 0 saturated heterocycles. The predicted molar refractivity (Wildman–Crippen MR) is 89.3 cm³/mol. The van der Waals surface area contributed by atoms with Crippen LogP contribution in [0.4, 0.5) is 5.69 Å². The van der Waals surface area contributed by atoms with Gasteiger partial charge in [-0.2, -0.15) is 5.56 Å². The first-order chi connectivity index (χ1) is 12.2. The van der Waals surface area contributed by atoms with Gasteiger partial charge in [-0.3, -0.25) is 0 Å². The SMILES string of the molecule is O=S(=O)=O.[C-]#[N+]c1ccc(/C=C/c2[c-]cc(C#N)cc2)c(S(=O)(=O)[O-])c1.[Na+].[Na+]. The average Bonchev–Trinajstić information content (AvgIpc) is 2.59. The van der Waals surface area contributed by atoms with Gasteiger partial charge < -0.3 is 4.55 Å². The van der Waals surface area contributed by atoms with Crippen LogP contribution in [0.5, 0.6) is 0 Å². The second kappa shape index (κ2) is 13.8. The molecule has 0 atom stereocenters. The molecule has 28 heavy (non-hydrogen) atoms. The Bertz CT molecular complexity index is 1130. The zero-order chi connectivity index (χ0) is 19.7. The van der Waals surface area contributed by atoms with Crippen LogP contribution in [-0.2, 0) is 20.7 Å². The monoisotopic (exact) mass is 434 g/mol. The van der Waals surface area contributed by atoms with Crippen LogP contribution >= 0.6 is 0 Å². The molecule has 0 aliphatic rings. The van der Waals surface area contributed by atoms with Crippen LogP contribution in [0.15, 0.2) is 41.3 Å². The van der Waals surface area contributed by atoms with E-state index in [2.05, 4.69) is 10.9 Å². The minimum absolute atomic E-state index is 0. The maximum Gasteiger partial charge on any atom is 1.00 e. The Hall–Kier alpha value is -1.31. The fraction of sp³-hybridized carbons (Fsp3) is 0. The number of nitrogens with zero attached hydrogens (tertiary/aromatic N) is 2. The number of rotatable bonds is 3. The van der Waals surface area contributed by atoms with Crippen LogP contribution in [-0.4, -0.2) is 25.6 Å². The molecule has 0 bridgehead atoms. The molecule has 0 heterocycles. The molecule has 0 unspecified atom stereocenters. The molecule has 0 fully saturated rings. The summed E-state index contributed by atoms with van der Waals surface area (Å²) < 4.78 is 59.2. The standard InChI is InChI=1S/C16H9N2O3S.2Na.O3S/c1-18-15-9-8-14(16(10-15)22(19,20)21)7-6-12-2-4-13(11-17)5-3-12;;;1-4(2)3/h2,4-10H,(H,19,20,21);;;/q-1;2*+1;/p-1/b7-6+;;;. The largest absolute Gasteiger partial charge is 1.00 e. The van der Waals surface area contributed by atoms with Gasteiger partial charge in [0, 0.05) is 6.07 Å². The van der Waals surface area contributed by atoms with Crippen molar-refractivity contribution in [3.8, 4) is 6.07 Å². The summed E-state index contributed by atoms with van der Waals surface area (Å²) >= 11 is 0. The molecule has 8 nitrogen and oxygen atoms in total. The number of hydrogen-bond acceptors (Lipinski definition) is 7. The van der Waals surface area contributed by atoms with Gasteiger partial charge >= 0.3 is 69.7 Å². The summed E-state index contributed by atoms with van der Waals surface area (Å²) in [4.78, 5) is 2.67. The third kappa shape index (κ3) is 10.3. The fourth-order valence-corrected chi connectivity index (χ4v) is 2.43. The smallest absolute Gasteiger partial charge is 0.744 e. The van der Waals surface area contributed by atoms with E-state index in [-0.39, 0.29) is 70.4 Å². The molecule has 0 aromatic heterocycles. The molecule has 0 saturated carbocycles. The Labute approximate surface area is 208 Å². The molecule has 2 aromatic carbocycles. The molecule has 0 aliphatic heterocycles. The second-order valence-corrected chi connectivity index (χ2v) is 6.23. The summed E-state index contributed by atoms with van der Waals surface area (Å²) in [5, 5.41) is 8.70. The van der Waals surface area contributed by atoms with E-state index in [4.69, 9.17) is 24.5 Å². The summed E-state index contributed by atoms with van der Waals surface area (Å²) in [5.41, 5.74) is 1.36. The summed E-state index contributed by atoms with van der Waals surface area (Å²) in [5.74, 6) is 0. The van der Waals surface area contributed by atoms with Crippen molar-refractivity contribution in [2.75, 3.05) is 0 Å². The van der Waals surface area contributed by atoms with E-state index in [1.54, 1.807) is 18.2 Å². The van der Waals surface area contributed by atoms with Gasteiger partial charge in [0.2, 0.25) is 0 Å². The van der Waals surface area contributed by atoms with E-state index in [9.17, 15) is 13.0 Å². The molecule has 0 aliphatic carbocycles. The quantitative estimate of drug-likeness (QED) is 0.208. The van der Waals surface area contributed by atoms with Crippen molar-refractivity contribution in [3.63, 3.8) is 0 Å². The number of nitriles is 1. The molecule has 2 aromatic rings. The van der Waals surface area contributed by atoms with Gasteiger partial charge in [-0.05, 0) is 17.2 Å². The minimum atomic E-state index is -4.68. The van der Waals surface area contributed by atoms with Gasteiger partial charge in [-0.15, -0.1) is 43.0 Å². The molecule has 0 N–H and O–H groups in total. The molecule has 0 spiro atoms. The molecule has 12 heteroatoms. The van der Waals surface area contributed by atoms with Gasteiger partial charge in [-0.1, -0.05) is 18.2 Å². The summed E-state index contributed by atoms with van der Waals surface area (Å²) in [7, 11) is -7.79. The summed E-state index contributed by atoms with van der Waals surface area (Å²) in [6.07, 6.45) is 3.03. The van der Waals surface area contributed by atoms with E-state index in [1.165, 1.54) is 24.3 Å². The molecule has 0 radical (unpaired) electrons. The summed E-state index contributed by atoms with van der Waals surface area (Å²) in [6.45, 7) is 6.87. The molecule has 132 valence electrons. The normalized spacial score (nSPS) is 9.54. The van der Waals surface area contributed by atoms with Gasteiger partial charge in [0.15, 0.2) is 5.69 Å². The van der Waals surface area contributed by atoms with Crippen molar-refractivity contribution in [3.05, 3.63) is 70.6 Å². The van der Waals surface area contributed by atoms with Gasteiger partial charge in [0.05, 0.1) is 11.5 Å². The Kier molecular flexibility index (Phi) is 14.2. The first-order valence-corrected chi connectivity index (χ1v) is 8.92. The maximum atomic E-state index is 11.3. The average molecular weight is 434 g/mol. The number of hydrogen-bond donors (Lipinski definition) is 0. The molecule has 0 amide bonds. The maximum absolute atomic E-state index is 11.3. The van der Waals surface area contributed by atoms with Gasteiger partial charge in [0.25, 0.3) is 0 Å². The Morgan fingerprint density at radius 2 is 1.75 bits per heavy atom. The van der Waals surface area contributed by atoms with Gasteiger partial charge in [0.1, 0.15) is 10.1 Å². The Morgan fingerprint density at radius 1 is 1.14 bits per heavy atom. The first-order valence-electron chi connectivity index (χ1n) is 6.51. The zero-order valence-electron chi connectivity index (χ0n) is 14.8. The topological polar surface area (TPSA) is 137 Å². The van der Waals surface area contributed by atoms with Crippen LogP contribution in [0.25, 0.3) is 17.0 Å². The third-order valence-electron chi connectivity index (χ3n) is 2.80. The Morgan fingerprint density at radius 3 is 2.18 bits per heavy atom. The van der Waals surface area contributed by atoms with E-state index in [0.29, 0.717) is 11.1 Å². The molecular formula is C16H8N2Na2O6S2. The summed E-state index contributed by atoms with van der Waals surface area (Å²) in [6, 6.07) is 13.5. The predicted octanol–water partition coefficient (Wildman–Crippen LogP) is -4.01. The third-order valence-corrected chi connectivity index (χ3v) is 3.70. The zero-order valence-corrected chi connectivity index (χ0v) is 20.4. The Balaban J connectivity index is 0. The van der Waals surface area contributed by atoms with Crippen molar-refractivity contribution in [1.29, 1.82) is 5.26 Å². The molecule has 2 rings (SSSR count). The second-order valence-electron chi connectivity index (χ2n) is 4.47.